The molecule has 1 heterocycles. The lowest BCUT2D eigenvalue weighted by Gasteiger charge is -2.17. The van der Waals surface area contributed by atoms with Crippen LogP contribution in [0.1, 0.15) is 43.0 Å². The number of likely N-dealkylation sites (tertiary alicyclic amines) is 1. The zero-order chi connectivity index (χ0) is 18.9. The molecule has 1 amide bonds. The monoisotopic (exact) mass is 380 g/mol. The number of carboxylic acid groups (broad SMARTS) is 1. The van der Waals surface area contributed by atoms with Gasteiger partial charge in [-0.05, 0) is 37.0 Å². The predicted molar refractivity (Wildman–Crippen MR) is 95.2 cm³/mol. The van der Waals surface area contributed by atoms with Crippen LogP contribution in [0.15, 0.2) is 29.2 Å². The number of nitrogens with zero attached hydrogens (tertiary/aromatic N) is 1. The van der Waals surface area contributed by atoms with E-state index in [0.717, 1.165) is 25.7 Å². The van der Waals surface area contributed by atoms with Crippen LogP contribution >= 0.6 is 0 Å². The number of nitrogens with one attached hydrogen (secondary N) is 1. The smallest absolute Gasteiger partial charge is 0.308 e. The van der Waals surface area contributed by atoms with Crippen LogP contribution in [0, 0.1) is 11.8 Å². The molecule has 0 radical (unpaired) electrons. The van der Waals surface area contributed by atoms with Crippen molar-refractivity contribution in [3.05, 3.63) is 29.8 Å². The summed E-state index contributed by atoms with van der Waals surface area (Å²) in [4.78, 5) is 25.5. The van der Waals surface area contributed by atoms with E-state index in [1.54, 1.807) is 19.1 Å². The molecule has 2 N–H and O–H groups in total. The van der Waals surface area contributed by atoms with Crippen LogP contribution in [0.3, 0.4) is 0 Å². The fraction of sp³-hybridized carbons (Fsp3) is 0.556. The average Bonchev–Trinajstić information content (AvgIpc) is 3.23. The quantitative estimate of drug-likeness (QED) is 0.809. The fourth-order valence-corrected chi connectivity index (χ4v) is 5.11. The maximum atomic E-state index is 12.7. The van der Waals surface area contributed by atoms with Crippen molar-refractivity contribution in [2.75, 3.05) is 13.1 Å². The minimum Gasteiger partial charge on any atom is -0.481 e. The van der Waals surface area contributed by atoms with Crippen molar-refractivity contribution in [3.8, 4) is 0 Å². The van der Waals surface area contributed by atoms with Crippen LogP contribution < -0.4 is 4.72 Å². The molecule has 3 rings (SSSR count). The lowest BCUT2D eigenvalue weighted by atomic mass is 9.99. The highest BCUT2D eigenvalue weighted by atomic mass is 32.2. The highest BCUT2D eigenvalue weighted by Gasteiger charge is 2.37. The van der Waals surface area contributed by atoms with E-state index in [2.05, 4.69) is 4.72 Å². The third kappa shape index (κ3) is 3.91. The Balaban J connectivity index is 1.76. The number of carbonyl (C=O) groups is 2. The maximum Gasteiger partial charge on any atom is 0.308 e. The average molecular weight is 380 g/mol. The van der Waals surface area contributed by atoms with Crippen molar-refractivity contribution in [1.82, 2.24) is 9.62 Å². The Kier molecular flexibility index (Phi) is 5.34. The van der Waals surface area contributed by atoms with E-state index in [-0.39, 0.29) is 34.9 Å². The number of hydrogen-bond donors (Lipinski definition) is 2. The number of carboxylic acids is 1. The molecule has 0 spiro atoms. The molecule has 7 nitrogen and oxygen atoms in total. The molecule has 1 aliphatic heterocycles. The summed E-state index contributed by atoms with van der Waals surface area (Å²) in [7, 11) is -3.67. The largest absolute Gasteiger partial charge is 0.481 e. The minimum absolute atomic E-state index is 0.0462. The van der Waals surface area contributed by atoms with Gasteiger partial charge in [-0.2, -0.15) is 0 Å². The van der Waals surface area contributed by atoms with E-state index in [4.69, 9.17) is 0 Å². The van der Waals surface area contributed by atoms with Gasteiger partial charge in [0.15, 0.2) is 0 Å². The van der Waals surface area contributed by atoms with E-state index in [1.807, 2.05) is 0 Å². The van der Waals surface area contributed by atoms with E-state index in [9.17, 15) is 23.1 Å². The molecule has 142 valence electrons. The lowest BCUT2D eigenvalue weighted by molar-refractivity contribution is -0.142. The second-order valence-corrected chi connectivity index (χ2v) is 8.98. The third-order valence-corrected chi connectivity index (χ3v) is 6.80. The molecule has 2 fully saturated rings. The van der Waals surface area contributed by atoms with Gasteiger partial charge in [-0.25, -0.2) is 13.1 Å². The van der Waals surface area contributed by atoms with Crippen LogP contribution in [0.4, 0.5) is 0 Å². The first-order valence-electron chi connectivity index (χ1n) is 8.92. The summed E-state index contributed by atoms with van der Waals surface area (Å²) in [5, 5.41) is 9.21. The van der Waals surface area contributed by atoms with E-state index in [0.29, 0.717) is 6.54 Å². The number of carbonyl (C=O) groups excluding carboxylic acids is 1. The van der Waals surface area contributed by atoms with Gasteiger partial charge in [-0.3, -0.25) is 9.59 Å². The first-order valence-corrected chi connectivity index (χ1v) is 10.4. The topological polar surface area (TPSA) is 104 Å². The van der Waals surface area contributed by atoms with E-state index in [1.165, 1.54) is 17.0 Å². The third-order valence-electron chi connectivity index (χ3n) is 5.29. The van der Waals surface area contributed by atoms with E-state index < -0.39 is 21.9 Å². The van der Waals surface area contributed by atoms with E-state index >= 15 is 0 Å². The van der Waals surface area contributed by atoms with Crippen molar-refractivity contribution in [2.24, 2.45) is 11.8 Å². The molecule has 8 heteroatoms. The van der Waals surface area contributed by atoms with Gasteiger partial charge in [0, 0.05) is 24.7 Å². The maximum absolute atomic E-state index is 12.7. The molecule has 26 heavy (non-hydrogen) atoms. The molecule has 0 aromatic heterocycles. The Labute approximate surface area is 153 Å². The van der Waals surface area contributed by atoms with Crippen LogP contribution in [-0.2, 0) is 14.8 Å². The van der Waals surface area contributed by atoms with Gasteiger partial charge >= 0.3 is 5.97 Å². The summed E-state index contributed by atoms with van der Waals surface area (Å²) >= 11 is 0. The van der Waals surface area contributed by atoms with Gasteiger partial charge in [0.2, 0.25) is 10.0 Å². The second kappa shape index (κ2) is 7.36. The Morgan fingerprint density at radius 2 is 1.88 bits per heavy atom. The second-order valence-electron chi connectivity index (χ2n) is 7.26. The van der Waals surface area contributed by atoms with Gasteiger partial charge in [-0.1, -0.05) is 25.8 Å². The molecule has 1 aromatic carbocycles. The van der Waals surface area contributed by atoms with Crippen molar-refractivity contribution in [2.45, 2.75) is 43.5 Å². The van der Waals surface area contributed by atoms with Gasteiger partial charge in [-0.15, -0.1) is 0 Å². The Morgan fingerprint density at radius 1 is 1.19 bits per heavy atom. The van der Waals surface area contributed by atoms with Crippen LogP contribution in [-0.4, -0.2) is 49.4 Å². The molecule has 0 bridgehead atoms. The highest BCUT2D eigenvalue weighted by Crippen LogP contribution is 2.26. The summed E-state index contributed by atoms with van der Waals surface area (Å²) in [6.07, 6.45) is 3.70. The van der Waals surface area contributed by atoms with Gasteiger partial charge in [0.25, 0.3) is 5.91 Å². The van der Waals surface area contributed by atoms with Crippen molar-refractivity contribution in [1.29, 1.82) is 0 Å². The SMILES string of the molecule is C[C@@H]1CN(C(=O)c2cccc(S(=O)(=O)NC3CCCC3)c2)C[C@H]1C(=O)O. The van der Waals surface area contributed by atoms with Crippen LogP contribution in [0.2, 0.25) is 0 Å². The Morgan fingerprint density at radius 3 is 2.50 bits per heavy atom. The van der Waals surface area contributed by atoms with Crippen molar-refractivity contribution >= 4 is 21.9 Å². The standard InChI is InChI=1S/C18H24N2O5S/c1-12-10-20(11-16(12)18(22)23)17(21)13-5-4-8-15(9-13)26(24,25)19-14-6-2-3-7-14/h4-5,8-9,12,14,16,19H,2-3,6-7,10-11H2,1H3,(H,22,23)/t12-,16-/m1/s1. The molecule has 1 aliphatic carbocycles. The predicted octanol–water partition coefficient (Wildman–Crippen LogP) is 1.70. The normalized spacial score (nSPS) is 24.1. The molecule has 2 aliphatic rings. The summed E-state index contributed by atoms with van der Waals surface area (Å²) in [6.45, 7) is 2.30. The number of rotatable bonds is 5. The molecule has 1 saturated carbocycles. The number of benzene rings is 1. The number of aliphatic carboxylic acids is 1. The minimum atomic E-state index is -3.67. The summed E-state index contributed by atoms with van der Waals surface area (Å²) < 4.78 is 27.8. The van der Waals surface area contributed by atoms with Gasteiger partial charge in [0.1, 0.15) is 0 Å². The van der Waals surface area contributed by atoms with Gasteiger partial charge < -0.3 is 10.0 Å². The lowest BCUT2D eigenvalue weighted by Crippen LogP contribution is -2.33. The first kappa shape index (κ1) is 18.8. The molecule has 0 unspecified atom stereocenters. The van der Waals surface area contributed by atoms with Crippen LogP contribution in [0.5, 0.6) is 0 Å². The van der Waals surface area contributed by atoms with Crippen molar-refractivity contribution in [3.63, 3.8) is 0 Å². The zero-order valence-electron chi connectivity index (χ0n) is 14.7. The summed E-state index contributed by atoms with van der Waals surface area (Å²) in [5.41, 5.74) is 0.262. The number of sulfonamides is 1. The Bertz CT molecular complexity index is 802. The summed E-state index contributed by atoms with van der Waals surface area (Å²) in [5.74, 6) is -1.97. The zero-order valence-corrected chi connectivity index (χ0v) is 15.5. The Hall–Kier alpha value is -1.93. The molecular weight excluding hydrogens is 356 g/mol. The molecular formula is C18H24N2O5S. The number of amides is 1. The molecule has 1 aromatic rings. The van der Waals surface area contributed by atoms with Gasteiger partial charge in [0.05, 0.1) is 10.8 Å². The fourth-order valence-electron chi connectivity index (χ4n) is 3.76. The highest BCUT2D eigenvalue weighted by molar-refractivity contribution is 7.89. The molecule has 1 saturated heterocycles. The van der Waals surface area contributed by atoms with Crippen LogP contribution in [0.25, 0.3) is 0 Å². The summed E-state index contributed by atoms with van der Waals surface area (Å²) in [6, 6.07) is 5.91. The first-order chi connectivity index (χ1) is 12.3. The molecule has 2 atom stereocenters. The number of hydrogen-bond acceptors (Lipinski definition) is 4. The van der Waals surface area contributed by atoms with Crippen molar-refractivity contribution < 1.29 is 23.1 Å².